The maximum Gasteiger partial charge on any atom is -0.00929 e. The Morgan fingerprint density at radius 2 is 1.31 bits per heavy atom. The van der Waals surface area contributed by atoms with Crippen molar-refractivity contribution in [1.29, 1.82) is 0 Å². The van der Waals surface area contributed by atoms with Crippen molar-refractivity contribution in [2.45, 2.75) is 25.7 Å². The molecule has 0 aliphatic heterocycles. The van der Waals surface area contributed by atoms with Crippen LogP contribution >= 0.6 is 0 Å². The fourth-order valence-corrected chi connectivity index (χ4v) is 6.11. The topological polar surface area (TPSA) is 0 Å². The van der Waals surface area contributed by atoms with Crippen molar-refractivity contribution in [3.8, 4) is 0 Å². The molecule has 0 N–H and O–H groups in total. The summed E-state index contributed by atoms with van der Waals surface area (Å²) in [7, 11) is 0. The van der Waals surface area contributed by atoms with Crippen LogP contribution in [-0.2, 0) is 0 Å². The third kappa shape index (κ3) is 0.625. The van der Waals surface area contributed by atoms with Crippen LogP contribution < -0.4 is 0 Å². The van der Waals surface area contributed by atoms with Crippen LogP contribution in [0.5, 0.6) is 0 Å². The van der Waals surface area contributed by atoms with Crippen molar-refractivity contribution >= 4 is 0 Å². The van der Waals surface area contributed by atoms with E-state index in [4.69, 9.17) is 0 Å². The lowest BCUT2D eigenvalue weighted by Gasteiger charge is -2.50. The lowest BCUT2D eigenvalue weighted by atomic mass is 9.53. The summed E-state index contributed by atoms with van der Waals surface area (Å²) in [5.41, 5.74) is 1.53. The van der Waals surface area contributed by atoms with Gasteiger partial charge in [0.05, 0.1) is 0 Å². The minimum absolute atomic E-state index is 0.767. The minimum atomic E-state index is 0.767. The van der Waals surface area contributed by atoms with Gasteiger partial charge in [-0.1, -0.05) is 42.9 Å². The molecule has 16 heavy (non-hydrogen) atoms. The Hall–Kier alpha value is -0.780. The van der Waals surface area contributed by atoms with E-state index in [0.29, 0.717) is 0 Å². The summed E-state index contributed by atoms with van der Waals surface area (Å²) in [4.78, 5) is 0. The van der Waals surface area contributed by atoms with Crippen molar-refractivity contribution in [3.63, 3.8) is 0 Å². The number of rotatable bonds is 0. The summed E-state index contributed by atoms with van der Waals surface area (Å²) in [6.45, 7) is 0. The maximum atomic E-state index is 2.59. The van der Waals surface area contributed by atoms with Gasteiger partial charge in [0.2, 0.25) is 0 Å². The summed E-state index contributed by atoms with van der Waals surface area (Å²) in [6, 6.07) is 0. The molecule has 0 unspecified atom stereocenters. The number of hydrogen-bond donors (Lipinski definition) is 0. The summed E-state index contributed by atoms with van der Waals surface area (Å²) in [6.07, 6.45) is 20.9. The van der Waals surface area contributed by atoms with Crippen molar-refractivity contribution in [3.05, 3.63) is 36.5 Å². The molecule has 0 aromatic heterocycles. The molecule has 6 atom stereocenters. The van der Waals surface area contributed by atoms with Crippen LogP contribution in [0.2, 0.25) is 0 Å². The Labute approximate surface area is 97.1 Å². The van der Waals surface area contributed by atoms with Crippen molar-refractivity contribution in [1.82, 2.24) is 0 Å². The van der Waals surface area contributed by atoms with E-state index in [1.165, 1.54) is 19.3 Å². The maximum absolute atomic E-state index is 2.59. The van der Waals surface area contributed by atoms with Gasteiger partial charge in [-0.25, -0.2) is 0 Å². The van der Waals surface area contributed by atoms with E-state index >= 15 is 0 Å². The predicted molar refractivity (Wildman–Crippen MR) is 64.7 cm³/mol. The Morgan fingerprint density at radius 1 is 0.750 bits per heavy atom. The van der Waals surface area contributed by atoms with Gasteiger partial charge in [-0.3, -0.25) is 0 Å². The Balaban J connectivity index is 1.73. The monoisotopic (exact) mass is 210 g/mol. The zero-order valence-corrected chi connectivity index (χ0v) is 9.60. The zero-order chi connectivity index (χ0) is 10.4. The summed E-state index contributed by atoms with van der Waals surface area (Å²) >= 11 is 0. The first-order valence-corrected chi connectivity index (χ1v) is 6.91. The Morgan fingerprint density at radius 3 is 1.88 bits per heavy atom. The molecule has 0 heteroatoms. The molecule has 2 bridgehead atoms. The fraction of sp³-hybridized carbons (Fsp3) is 0.625. The van der Waals surface area contributed by atoms with Gasteiger partial charge in [0, 0.05) is 0 Å². The van der Waals surface area contributed by atoms with Crippen LogP contribution in [0.3, 0.4) is 0 Å². The van der Waals surface area contributed by atoms with Gasteiger partial charge >= 0.3 is 0 Å². The van der Waals surface area contributed by atoms with Gasteiger partial charge in [0.15, 0.2) is 0 Å². The van der Waals surface area contributed by atoms with Crippen LogP contribution in [0, 0.1) is 34.5 Å². The third-order valence-corrected chi connectivity index (χ3v) is 6.60. The van der Waals surface area contributed by atoms with Crippen molar-refractivity contribution in [2.24, 2.45) is 34.5 Å². The number of allylic oxidation sites excluding steroid dienone is 6. The molecule has 0 spiro atoms. The molecular weight excluding hydrogens is 192 g/mol. The quantitative estimate of drug-likeness (QED) is 0.534. The molecule has 3 fully saturated rings. The molecule has 0 aromatic carbocycles. The highest BCUT2D eigenvalue weighted by atomic mass is 14.8. The molecule has 0 heterocycles. The average Bonchev–Trinajstić information content (AvgIpc) is 2.89. The van der Waals surface area contributed by atoms with Crippen LogP contribution in [0.15, 0.2) is 36.5 Å². The summed E-state index contributed by atoms with van der Waals surface area (Å²) < 4.78 is 0. The molecule has 0 aromatic rings. The van der Waals surface area contributed by atoms with Gasteiger partial charge < -0.3 is 0 Å². The minimum Gasteiger partial charge on any atom is -0.0839 e. The molecular formula is C16H18. The van der Waals surface area contributed by atoms with Gasteiger partial charge in [-0.15, -0.1) is 0 Å². The van der Waals surface area contributed by atoms with Gasteiger partial charge in [-0.05, 0) is 53.8 Å². The van der Waals surface area contributed by atoms with E-state index in [2.05, 4.69) is 36.5 Å². The van der Waals surface area contributed by atoms with Gasteiger partial charge in [-0.2, -0.15) is 0 Å². The summed E-state index contributed by atoms with van der Waals surface area (Å²) in [5.74, 6) is 3.44. The van der Waals surface area contributed by atoms with Crippen LogP contribution in [0.1, 0.15) is 25.7 Å². The third-order valence-electron chi connectivity index (χ3n) is 6.60. The molecule has 0 radical (unpaired) electrons. The van der Waals surface area contributed by atoms with E-state index in [0.717, 1.165) is 34.5 Å². The SMILES string of the molecule is C1=C[C@@H]2[C@H](C=C1)[C@@H]1C=C[C@H]2[C@]23CCC[C@]12C3. The molecule has 0 amide bonds. The molecule has 82 valence electrons. The molecule has 6 rings (SSSR count). The second-order valence-electron chi connectivity index (χ2n) is 6.70. The zero-order valence-electron chi connectivity index (χ0n) is 9.60. The average molecular weight is 210 g/mol. The first kappa shape index (κ1) is 8.33. The van der Waals surface area contributed by atoms with Crippen molar-refractivity contribution in [2.75, 3.05) is 0 Å². The number of hydrogen-bond acceptors (Lipinski definition) is 0. The highest BCUT2D eigenvalue weighted by Crippen LogP contribution is 2.86. The van der Waals surface area contributed by atoms with Gasteiger partial charge in [0.1, 0.15) is 0 Å². The van der Waals surface area contributed by atoms with Crippen LogP contribution in [-0.4, -0.2) is 0 Å². The van der Waals surface area contributed by atoms with E-state index in [1.807, 2.05) is 0 Å². The Kier molecular flexibility index (Phi) is 1.17. The molecule has 0 nitrogen and oxygen atoms in total. The van der Waals surface area contributed by atoms with E-state index in [-0.39, 0.29) is 0 Å². The van der Waals surface area contributed by atoms with E-state index in [1.54, 1.807) is 6.42 Å². The fourth-order valence-electron chi connectivity index (χ4n) is 6.11. The Bertz CT molecular complexity index is 415. The van der Waals surface area contributed by atoms with E-state index < -0.39 is 0 Å². The lowest BCUT2D eigenvalue weighted by molar-refractivity contribution is 0.0710. The second kappa shape index (κ2) is 2.25. The van der Waals surface area contributed by atoms with Crippen LogP contribution in [0.4, 0.5) is 0 Å². The smallest absolute Gasteiger partial charge is 0.00929 e. The lowest BCUT2D eigenvalue weighted by Crippen LogP contribution is -2.45. The van der Waals surface area contributed by atoms with Gasteiger partial charge in [0.25, 0.3) is 0 Å². The highest BCUT2D eigenvalue weighted by Gasteiger charge is 2.79. The second-order valence-corrected chi connectivity index (χ2v) is 6.70. The first-order chi connectivity index (χ1) is 7.87. The highest BCUT2D eigenvalue weighted by molar-refractivity contribution is 5.40. The normalized spacial score (nSPS) is 63.0. The molecule has 6 aliphatic carbocycles. The van der Waals surface area contributed by atoms with Crippen LogP contribution in [0.25, 0.3) is 0 Å². The molecule has 0 saturated heterocycles. The largest absolute Gasteiger partial charge is 0.0839 e. The molecule has 3 saturated carbocycles. The summed E-state index contributed by atoms with van der Waals surface area (Å²) in [5, 5.41) is 0. The standard InChI is InChI=1S/C16H18/c1-2-5-12-11(4-1)13-6-7-14(12)16-9-3-8-15(13,16)10-16/h1-2,4-7,11-14H,3,8-10H2/t11-,12+,13-,14+,15-,16+. The van der Waals surface area contributed by atoms with E-state index in [9.17, 15) is 0 Å². The predicted octanol–water partition coefficient (Wildman–Crippen LogP) is 3.72. The van der Waals surface area contributed by atoms with Crippen molar-refractivity contribution < 1.29 is 0 Å². The molecule has 6 aliphatic rings. The first-order valence-electron chi connectivity index (χ1n) is 6.91.